The van der Waals surface area contributed by atoms with Crippen LogP contribution in [-0.4, -0.2) is 23.0 Å². The number of carboxylic acids is 1. The molecule has 7 atom stereocenters. The maximum atomic E-state index is 12.5. The molecule has 0 aliphatic heterocycles. The van der Waals surface area contributed by atoms with Crippen molar-refractivity contribution in [1.29, 1.82) is 0 Å². The fraction of sp³-hybridized carbons (Fsp3) is 0.585. The van der Waals surface area contributed by atoms with E-state index in [4.69, 9.17) is 9.47 Å². The summed E-state index contributed by atoms with van der Waals surface area (Å²) in [4.78, 5) is 38.3. The molecule has 1 N–H and O–H groups in total. The lowest BCUT2D eigenvalue weighted by Gasteiger charge is -2.68. The molecule has 48 heavy (non-hydrogen) atoms. The average molecular weight is 673 g/mol. The monoisotopic (exact) mass is 672 g/mol. The lowest BCUT2D eigenvalue weighted by Crippen LogP contribution is -2.60. The second-order valence-corrected chi connectivity index (χ2v) is 17.8. The number of esters is 2. The molecule has 4 aliphatic carbocycles. The molecule has 258 valence electrons. The van der Waals surface area contributed by atoms with Gasteiger partial charge in [-0.05, 0) is 124 Å². The average Bonchev–Trinajstić information content (AvgIpc) is 3.15. The first-order valence-corrected chi connectivity index (χ1v) is 18.5. The number of carbonyl (C=O) groups excluding carboxylic acids is 2. The molecule has 0 amide bonds. The highest BCUT2D eigenvalue weighted by atomic mass is 32.2. The van der Waals surface area contributed by atoms with Gasteiger partial charge >= 0.3 is 17.9 Å². The molecule has 0 aromatic heterocycles. The molecule has 4 aliphatic rings. The molecular weight excluding hydrogens is 621 g/mol. The largest absolute Gasteiger partial charge is 0.481 e. The molecule has 0 bridgehead atoms. The van der Waals surface area contributed by atoms with Crippen LogP contribution in [0, 0.1) is 41.4 Å². The fourth-order valence-electron chi connectivity index (χ4n) is 10.5. The van der Waals surface area contributed by atoms with Crippen molar-refractivity contribution >= 4 is 29.7 Å². The van der Waals surface area contributed by atoms with Gasteiger partial charge in [0.05, 0.1) is 10.7 Å². The third kappa shape index (κ3) is 5.34. The first-order chi connectivity index (χ1) is 22.4. The quantitative estimate of drug-likeness (QED) is 0.192. The molecule has 0 radical (unpaired) electrons. The molecular formula is C41H52O6S. The smallest absolute Gasteiger partial charge is 0.309 e. The van der Waals surface area contributed by atoms with Gasteiger partial charge in [-0.25, -0.2) is 0 Å². The van der Waals surface area contributed by atoms with E-state index in [-0.39, 0.29) is 26.9 Å². The Kier molecular flexibility index (Phi) is 8.54. The highest BCUT2D eigenvalue weighted by Crippen LogP contribution is 2.74. The molecule has 3 saturated carbocycles. The molecule has 0 saturated heterocycles. The van der Waals surface area contributed by atoms with Gasteiger partial charge in [-0.2, -0.15) is 0 Å². The summed E-state index contributed by atoms with van der Waals surface area (Å²) >= 11 is 1.81. The van der Waals surface area contributed by atoms with Crippen molar-refractivity contribution in [2.24, 2.45) is 27.6 Å². The van der Waals surface area contributed by atoms with E-state index >= 15 is 0 Å². The minimum Gasteiger partial charge on any atom is -0.481 e. The van der Waals surface area contributed by atoms with Gasteiger partial charge < -0.3 is 14.6 Å². The van der Waals surface area contributed by atoms with Crippen molar-refractivity contribution < 1.29 is 29.0 Å². The standard InChI is InChI=1S/C41H52O6S/c1-24-10-12-28(13-11-24)48-31-23-33-39(7,29-22-30(46-26(3)42)35(47-27(4)43)25(2)34(29)31)19-21-40(8)32-14-15-38(6,36(44)45)17-16-37(32,5)18-20-41(33,40)9/h10-13,22-23,31-32H,14-21H2,1-9H3,(H,44,45)/t31?,32-,37+,38-,39-,40-,41+/m0/s1. The Hall–Kier alpha value is -3.06. The number of thioether (sulfide) groups is 1. The third-order valence-electron chi connectivity index (χ3n) is 13.7. The van der Waals surface area contributed by atoms with Gasteiger partial charge in [0, 0.05) is 29.7 Å². The summed E-state index contributed by atoms with van der Waals surface area (Å²) in [6, 6.07) is 10.6. The number of aliphatic carboxylic acids is 1. The molecule has 2 aromatic carbocycles. The van der Waals surface area contributed by atoms with Crippen LogP contribution in [0.25, 0.3) is 0 Å². The second kappa shape index (κ2) is 11.8. The Bertz CT molecular complexity index is 1710. The predicted octanol–water partition coefficient (Wildman–Crippen LogP) is 10.1. The number of aryl methyl sites for hydroxylation is 1. The highest BCUT2D eigenvalue weighted by molar-refractivity contribution is 7.99. The summed E-state index contributed by atoms with van der Waals surface area (Å²) in [6.45, 7) is 18.6. The molecule has 1 unspecified atom stereocenters. The summed E-state index contributed by atoms with van der Waals surface area (Å²) in [5.41, 5.74) is 4.69. The third-order valence-corrected chi connectivity index (χ3v) is 14.8. The Morgan fingerprint density at radius 1 is 0.833 bits per heavy atom. The number of fused-ring (bicyclic) bond motifs is 7. The van der Waals surface area contributed by atoms with Crippen LogP contribution in [0.1, 0.15) is 127 Å². The van der Waals surface area contributed by atoms with Gasteiger partial charge in [0.15, 0.2) is 11.5 Å². The minimum absolute atomic E-state index is 0.0167. The molecule has 7 heteroatoms. The van der Waals surface area contributed by atoms with E-state index in [1.165, 1.54) is 25.0 Å². The maximum Gasteiger partial charge on any atom is 0.309 e. The number of ether oxygens (including phenoxy) is 2. The molecule has 0 spiro atoms. The zero-order valence-electron chi connectivity index (χ0n) is 30.2. The molecule has 0 heterocycles. The van der Waals surface area contributed by atoms with Gasteiger partial charge in [0.1, 0.15) is 0 Å². The van der Waals surface area contributed by atoms with Crippen LogP contribution < -0.4 is 9.47 Å². The van der Waals surface area contributed by atoms with Crippen molar-refractivity contribution in [3.8, 4) is 11.5 Å². The lowest BCUT2D eigenvalue weighted by atomic mass is 9.36. The first kappa shape index (κ1) is 34.8. The SMILES string of the molecule is CC(=O)Oc1cc2c(c(C)c1OC(C)=O)C(Sc1ccc(C)cc1)C=C1[C@@]2(C)CC[C@@]2(C)[C@H]3CC[C@](C)(C(=O)O)CC[C@]3(C)CC[C@]12C. The van der Waals surface area contributed by atoms with Crippen LogP contribution in [0.5, 0.6) is 11.5 Å². The highest BCUT2D eigenvalue weighted by Gasteiger charge is 2.66. The number of allylic oxidation sites excluding steroid dienone is 1. The van der Waals surface area contributed by atoms with E-state index in [9.17, 15) is 19.5 Å². The summed E-state index contributed by atoms with van der Waals surface area (Å²) in [7, 11) is 0. The van der Waals surface area contributed by atoms with Crippen LogP contribution in [0.3, 0.4) is 0 Å². The number of carbonyl (C=O) groups is 3. The Morgan fingerprint density at radius 2 is 1.48 bits per heavy atom. The van der Waals surface area contributed by atoms with Crippen molar-refractivity contribution in [1.82, 2.24) is 0 Å². The van der Waals surface area contributed by atoms with Crippen LogP contribution >= 0.6 is 11.8 Å². The lowest BCUT2D eigenvalue weighted by molar-refractivity contribution is -0.148. The van der Waals surface area contributed by atoms with Crippen LogP contribution in [-0.2, 0) is 19.8 Å². The summed E-state index contributed by atoms with van der Waals surface area (Å²) < 4.78 is 11.6. The van der Waals surface area contributed by atoms with Gasteiger partial charge in [-0.15, -0.1) is 11.8 Å². The number of rotatable bonds is 5. The zero-order chi connectivity index (χ0) is 35.0. The predicted molar refractivity (Wildman–Crippen MR) is 189 cm³/mol. The number of carboxylic acid groups (broad SMARTS) is 1. The number of hydrogen-bond donors (Lipinski definition) is 1. The number of benzene rings is 2. The van der Waals surface area contributed by atoms with Crippen molar-refractivity contribution in [3.63, 3.8) is 0 Å². The van der Waals surface area contributed by atoms with Gasteiger partial charge in [-0.3, -0.25) is 14.4 Å². The molecule has 3 fully saturated rings. The molecule has 6 rings (SSSR count). The van der Waals surface area contributed by atoms with E-state index in [1.807, 2.05) is 31.7 Å². The summed E-state index contributed by atoms with van der Waals surface area (Å²) in [6.07, 6.45) is 9.89. The molecule has 2 aromatic rings. The van der Waals surface area contributed by atoms with Crippen molar-refractivity contribution in [2.75, 3.05) is 0 Å². The Labute approximate surface area is 290 Å². The maximum absolute atomic E-state index is 12.5. The molecule has 6 nitrogen and oxygen atoms in total. The first-order valence-electron chi connectivity index (χ1n) is 17.6. The van der Waals surface area contributed by atoms with E-state index in [2.05, 4.69) is 65.0 Å². The number of hydrogen-bond acceptors (Lipinski definition) is 6. The topological polar surface area (TPSA) is 89.9 Å². The summed E-state index contributed by atoms with van der Waals surface area (Å²) in [5, 5.41) is 10.2. The fourth-order valence-corrected chi connectivity index (χ4v) is 11.7. The van der Waals surface area contributed by atoms with Gasteiger partial charge in [0.2, 0.25) is 0 Å². The van der Waals surface area contributed by atoms with Crippen molar-refractivity contribution in [3.05, 3.63) is 64.2 Å². The van der Waals surface area contributed by atoms with E-state index in [0.29, 0.717) is 23.8 Å². The zero-order valence-corrected chi connectivity index (χ0v) is 31.0. The normalized spacial score (nSPS) is 35.5. The van der Waals surface area contributed by atoms with E-state index in [0.717, 1.165) is 66.5 Å². The summed E-state index contributed by atoms with van der Waals surface area (Å²) in [5.74, 6) is -0.565. The van der Waals surface area contributed by atoms with Gasteiger partial charge in [-0.1, -0.05) is 57.0 Å². The van der Waals surface area contributed by atoms with E-state index < -0.39 is 23.3 Å². The van der Waals surface area contributed by atoms with Gasteiger partial charge in [0.25, 0.3) is 0 Å². The van der Waals surface area contributed by atoms with Crippen molar-refractivity contribution in [2.45, 2.75) is 129 Å². The minimum atomic E-state index is -0.681. The Morgan fingerprint density at radius 3 is 2.10 bits per heavy atom. The van der Waals surface area contributed by atoms with Crippen LogP contribution in [0.15, 0.2) is 46.9 Å². The Balaban J connectivity index is 1.54. The van der Waals surface area contributed by atoms with E-state index in [1.54, 1.807) is 0 Å². The second-order valence-electron chi connectivity index (χ2n) is 16.6. The van der Waals surface area contributed by atoms with Crippen LogP contribution in [0.4, 0.5) is 0 Å². The van der Waals surface area contributed by atoms with Crippen LogP contribution in [0.2, 0.25) is 0 Å².